The normalized spacial score (nSPS) is 10.1. The fourth-order valence-electron chi connectivity index (χ4n) is 1.54. The van der Waals surface area contributed by atoms with E-state index in [0.29, 0.717) is 5.92 Å². The highest BCUT2D eigenvalue weighted by Crippen LogP contribution is 2.08. The molecule has 0 heterocycles. The zero-order valence-corrected chi connectivity index (χ0v) is 12.8. The Kier molecular flexibility index (Phi) is 10.6. The fourth-order valence-corrected chi connectivity index (χ4v) is 1.54. The second-order valence-corrected chi connectivity index (χ2v) is 4.74. The average molecular weight is 254 g/mol. The maximum Gasteiger partial charge on any atom is 0.0931 e. The van der Waals surface area contributed by atoms with Gasteiger partial charge in [-0.1, -0.05) is 34.6 Å². The van der Waals surface area contributed by atoms with Crippen LogP contribution in [0.15, 0.2) is 23.7 Å². The van der Waals surface area contributed by atoms with Gasteiger partial charge in [-0.15, -0.1) is 0 Å². The van der Waals surface area contributed by atoms with Crippen molar-refractivity contribution in [3.63, 3.8) is 0 Å². The van der Waals surface area contributed by atoms with Crippen molar-refractivity contribution in [2.24, 2.45) is 5.92 Å². The summed E-state index contributed by atoms with van der Waals surface area (Å²) in [5.74, 6) is 0.419. The van der Waals surface area contributed by atoms with Crippen molar-refractivity contribution in [2.45, 2.75) is 60.3 Å². The Morgan fingerprint density at radius 3 is 1.39 bits per heavy atom. The van der Waals surface area contributed by atoms with Crippen molar-refractivity contribution in [2.75, 3.05) is 13.2 Å². The van der Waals surface area contributed by atoms with Gasteiger partial charge in [-0.3, -0.25) is 0 Å². The minimum absolute atomic E-state index is 0.419. The highest BCUT2D eigenvalue weighted by molar-refractivity contribution is 4.96. The van der Waals surface area contributed by atoms with Gasteiger partial charge in [0, 0.05) is 5.92 Å². The third kappa shape index (κ3) is 8.21. The lowest BCUT2D eigenvalue weighted by molar-refractivity contribution is 0.130. The smallest absolute Gasteiger partial charge is 0.0931 e. The highest BCUT2D eigenvalue weighted by atomic mass is 16.5. The molecule has 0 amide bonds. The van der Waals surface area contributed by atoms with Crippen molar-refractivity contribution >= 4 is 0 Å². The van der Waals surface area contributed by atoms with E-state index in [1.807, 2.05) is 12.5 Å². The van der Waals surface area contributed by atoms with Gasteiger partial charge in [-0.05, 0) is 36.8 Å². The molecule has 18 heavy (non-hydrogen) atoms. The molecule has 0 fully saturated rings. The van der Waals surface area contributed by atoms with Crippen LogP contribution in [0.4, 0.5) is 0 Å². The Balaban J connectivity index is 3.81. The van der Waals surface area contributed by atoms with Gasteiger partial charge in [0.05, 0.1) is 25.7 Å². The predicted octanol–water partition coefficient (Wildman–Crippen LogP) is 5.06. The lowest BCUT2D eigenvalue weighted by Crippen LogP contribution is -2.09. The van der Waals surface area contributed by atoms with Crippen LogP contribution in [0.3, 0.4) is 0 Å². The molecule has 106 valence electrons. The first kappa shape index (κ1) is 17.1. The Labute approximate surface area is 113 Å². The summed E-state index contributed by atoms with van der Waals surface area (Å²) in [5.41, 5.74) is 2.73. The summed E-state index contributed by atoms with van der Waals surface area (Å²) in [6, 6.07) is 0. The zero-order chi connectivity index (χ0) is 13.8. The highest BCUT2D eigenvalue weighted by Gasteiger charge is 2.02. The number of hydrogen-bond donors (Lipinski definition) is 0. The molecular weight excluding hydrogens is 224 g/mol. The molecule has 0 atom stereocenters. The van der Waals surface area contributed by atoms with Gasteiger partial charge in [-0.2, -0.15) is 0 Å². The van der Waals surface area contributed by atoms with Crippen molar-refractivity contribution in [1.29, 1.82) is 0 Å². The number of allylic oxidation sites excluding steroid dienone is 2. The minimum atomic E-state index is 0.419. The van der Waals surface area contributed by atoms with Gasteiger partial charge in [0.2, 0.25) is 0 Å². The molecule has 0 aromatic heterocycles. The van der Waals surface area contributed by atoms with Gasteiger partial charge in [0.1, 0.15) is 0 Å². The standard InChI is InChI=1S/C16H30O2/c1-6-15(7-2)12-17-10-14(5)11-18-13-16(8-3)9-4/h12-14H,6-11H2,1-5H3. The van der Waals surface area contributed by atoms with Crippen LogP contribution in [0.5, 0.6) is 0 Å². The lowest BCUT2D eigenvalue weighted by Gasteiger charge is -2.12. The Morgan fingerprint density at radius 2 is 1.11 bits per heavy atom. The summed E-state index contributed by atoms with van der Waals surface area (Å²) in [6.07, 6.45) is 8.10. The molecule has 0 aromatic rings. The van der Waals surface area contributed by atoms with E-state index in [-0.39, 0.29) is 0 Å². The molecule has 2 heteroatoms. The molecular formula is C16H30O2. The second-order valence-electron chi connectivity index (χ2n) is 4.74. The summed E-state index contributed by atoms with van der Waals surface area (Å²) >= 11 is 0. The first-order chi connectivity index (χ1) is 8.67. The quantitative estimate of drug-likeness (QED) is 0.507. The molecule has 0 spiro atoms. The molecule has 0 bridgehead atoms. The molecule has 0 rings (SSSR count). The number of ether oxygens (including phenoxy) is 2. The van der Waals surface area contributed by atoms with Gasteiger partial charge in [0.15, 0.2) is 0 Å². The lowest BCUT2D eigenvalue weighted by atomic mass is 10.2. The van der Waals surface area contributed by atoms with Crippen molar-refractivity contribution < 1.29 is 9.47 Å². The Morgan fingerprint density at radius 1 is 0.778 bits per heavy atom. The van der Waals surface area contributed by atoms with E-state index < -0.39 is 0 Å². The van der Waals surface area contributed by atoms with Crippen LogP contribution in [0, 0.1) is 5.92 Å². The van der Waals surface area contributed by atoms with Crippen molar-refractivity contribution in [3.8, 4) is 0 Å². The minimum Gasteiger partial charge on any atom is -0.501 e. The third-order valence-corrected chi connectivity index (χ3v) is 3.08. The maximum atomic E-state index is 5.59. The Hall–Kier alpha value is -0.920. The molecule has 0 saturated heterocycles. The molecule has 0 radical (unpaired) electrons. The molecule has 0 aliphatic carbocycles. The van der Waals surface area contributed by atoms with Crippen LogP contribution >= 0.6 is 0 Å². The summed E-state index contributed by atoms with van der Waals surface area (Å²) in [7, 11) is 0. The van der Waals surface area contributed by atoms with Crippen LogP contribution < -0.4 is 0 Å². The van der Waals surface area contributed by atoms with Gasteiger partial charge in [-0.25, -0.2) is 0 Å². The molecule has 0 saturated carbocycles. The molecule has 0 aromatic carbocycles. The van der Waals surface area contributed by atoms with E-state index in [4.69, 9.17) is 9.47 Å². The number of hydrogen-bond acceptors (Lipinski definition) is 2. The van der Waals surface area contributed by atoms with Crippen molar-refractivity contribution in [3.05, 3.63) is 23.7 Å². The Bertz CT molecular complexity index is 216. The van der Waals surface area contributed by atoms with Gasteiger partial charge >= 0.3 is 0 Å². The molecule has 0 aliphatic rings. The van der Waals surface area contributed by atoms with E-state index in [9.17, 15) is 0 Å². The monoisotopic (exact) mass is 254 g/mol. The van der Waals surface area contributed by atoms with Crippen molar-refractivity contribution in [1.82, 2.24) is 0 Å². The summed E-state index contributed by atoms with van der Waals surface area (Å²) < 4.78 is 11.2. The van der Waals surface area contributed by atoms with Crippen LogP contribution in [0.1, 0.15) is 60.3 Å². The summed E-state index contributed by atoms with van der Waals surface area (Å²) in [6.45, 7) is 12.2. The SMILES string of the molecule is CCC(=COCC(C)COC=C(CC)CC)CC. The van der Waals surface area contributed by atoms with E-state index in [1.54, 1.807) is 0 Å². The average Bonchev–Trinajstić information content (AvgIpc) is 2.40. The molecule has 0 unspecified atom stereocenters. The number of rotatable bonds is 10. The van der Waals surface area contributed by atoms with Crippen LogP contribution in [-0.4, -0.2) is 13.2 Å². The maximum absolute atomic E-state index is 5.59. The first-order valence-corrected chi connectivity index (χ1v) is 7.26. The molecule has 0 N–H and O–H groups in total. The predicted molar refractivity (Wildman–Crippen MR) is 78.4 cm³/mol. The summed E-state index contributed by atoms with van der Waals surface area (Å²) in [5, 5.41) is 0. The van der Waals surface area contributed by atoms with Crippen LogP contribution in [0.2, 0.25) is 0 Å². The fraction of sp³-hybridized carbons (Fsp3) is 0.750. The third-order valence-electron chi connectivity index (χ3n) is 3.08. The van der Waals surface area contributed by atoms with Crippen LogP contribution in [0.25, 0.3) is 0 Å². The van der Waals surface area contributed by atoms with E-state index >= 15 is 0 Å². The summed E-state index contributed by atoms with van der Waals surface area (Å²) in [4.78, 5) is 0. The molecule has 2 nitrogen and oxygen atoms in total. The second kappa shape index (κ2) is 11.2. The van der Waals surface area contributed by atoms with Gasteiger partial charge < -0.3 is 9.47 Å². The zero-order valence-electron chi connectivity index (χ0n) is 12.8. The van der Waals surface area contributed by atoms with E-state index in [1.165, 1.54) is 11.1 Å². The first-order valence-electron chi connectivity index (χ1n) is 7.26. The van der Waals surface area contributed by atoms with E-state index in [0.717, 1.165) is 38.9 Å². The van der Waals surface area contributed by atoms with Crippen LogP contribution in [-0.2, 0) is 9.47 Å². The molecule has 0 aliphatic heterocycles. The van der Waals surface area contributed by atoms with Gasteiger partial charge in [0.25, 0.3) is 0 Å². The topological polar surface area (TPSA) is 18.5 Å². The largest absolute Gasteiger partial charge is 0.501 e. The van der Waals surface area contributed by atoms with E-state index in [2.05, 4.69) is 34.6 Å².